The van der Waals surface area contributed by atoms with Crippen LogP contribution >= 0.6 is 0 Å². The summed E-state index contributed by atoms with van der Waals surface area (Å²) < 4.78 is 0. The number of hydrogen-bond donors (Lipinski definition) is 2. The van der Waals surface area contributed by atoms with Crippen molar-refractivity contribution >= 4 is 0 Å². The third-order valence-corrected chi connectivity index (χ3v) is 3.13. The highest BCUT2D eigenvalue weighted by atomic mass is 16.3. The van der Waals surface area contributed by atoms with Gasteiger partial charge in [-0.05, 0) is 37.3 Å². The molecule has 0 aromatic heterocycles. The van der Waals surface area contributed by atoms with Crippen molar-refractivity contribution in [2.45, 2.75) is 38.3 Å². The zero-order valence-electron chi connectivity index (χ0n) is 9.24. The Kier molecular flexibility index (Phi) is 3.39. The maximum absolute atomic E-state index is 9.05. The summed E-state index contributed by atoms with van der Waals surface area (Å²) in [5, 5.41) is 12.5. The predicted molar refractivity (Wildman–Crippen MR) is 61.8 cm³/mol. The molecule has 15 heavy (non-hydrogen) atoms. The number of aryl methyl sites for hydroxylation is 1. The molecule has 2 rings (SSSR count). The van der Waals surface area contributed by atoms with Gasteiger partial charge in [0.05, 0.1) is 6.61 Å². The quantitative estimate of drug-likeness (QED) is 0.791. The summed E-state index contributed by atoms with van der Waals surface area (Å²) in [6, 6.07) is 9.24. The van der Waals surface area contributed by atoms with E-state index in [-0.39, 0.29) is 12.6 Å². The first-order valence-corrected chi connectivity index (χ1v) is 5.76. The Balaban J connectivity index is 2.15. The highest BCUT2D eigenvalue weighted by Crippen LogP contribution is 2.29. The van der Waals surface area contributed by atoms with Gasteiger partial charge in [0.15, 0.2) is 0 Å². The fourth-order valence-electron chi connectivity index (χ4n) is 2.32. The number of nitrogens with one attached hydrogen (secondary N) is 1. The summed E-state index contributed by atoms with van der Waals surface area (Å²) in [5.74, 6) is 0. The number of aliphatic hydroxyl groups excluding tert-OH is 1. The molecule has 0 radical (unpaired) electrons. The van der Waals surface area contributed by atoms with Gasteiger partial charge in [0.2, 0.25) is 0 Å². The molecule has 2 N–H and O–H groups in total. The van der Waals surface area contributed by atoms with Crippen molar-refractivity contribution < 1.29 is 5.11 Å². The van der Waals surface area contributed by atoms with Crippen LogP contribution in [0.3, 0.4) is 0 Å². The van der Waals surface area contributed by atoms with E-state index in [2.05, 4.69) is 29.6 Å². The minimum atomic E-state index is 0.182. The van der Waals surface area contributed by atoms with Gasteiger partial charge >= 0.3 is 0 Å². The Morgan fingerprint density at radius 3 is 3.07 bits per heavy atom. The lowest BCUT2D eigenvalue weighted by atomic mass is 9.87. The molecule has 0 bridgehead atoms. The summed E-state index contributed by atoms with van der Waals surface area (Å²) in [6.45, 7) is 2.23. The third-order valence-electron chi connectivity index (χ3n) is 3.13. The Bertz CT molecular complexity index is 324. The van der Waals surface area contributed by atoms with E-state index in [0.29, 0.717) is 6.04 Å². The van der Waals surface area contributed by atoms with Gasteiger partial charge in [-0.15, -0.1) is 0 Å². The van der Waals surface area contributed by atoms with Crippen LogP contribution in [0, 0.1) is 0 Å². The minimum absolute atomic E-state index is 0.182. The molecule has 1 aliphatic carbocycles. The largest absolute Gasteiger partial charge is 0.395 e. The number of fused-ring (bicyclic) bond motifs is 1. The molecule has 0 heterocycles. The standard InChI is InChI=1S/C13H19NO/c1-10(9-15)14-13-8-4-6-11-5-2-3-7-12(11)13/h2-3,5,7,10,13-15H,4,6,8-9H2,1H3/t10-,13+/m1/s1. The number of aliphatic hydroxyl groups is 1. The summed E-state index contributed by atoms with van der Waals surface area (Å²) in [7, 11) is 0. The van der Waals surface area contributed by atoms with Crippen molar-refractivity contribution in [3.63, 3.8) is 0 Å². The Morgan fingerprint density at radius 1 is 1.47 bits per heavy atom. The van der Waals surface area contributed by atoms with E-state index >= 15 is 0 Å². The SMILES string of the molecule is C[C@H](CO)N[C@H]1CCCc2ccccc21. The average molecular weight is 205 g/mol. The molecule has 0 fully saturated rings. The van der Waals surface area contributed by atoms with Gasteiger partial charge in [-0.25, -0.2) is 0 Å². The van der Waals surface area contributed by atoms with E-state index < -0.39 is 0 Å². The van der Waals surface area contributed by atoms with Crippen LogP contribution in [0.15, 0.2) is 24.3 Å². The second-order valence-corrected chi connectivity index (χ2v) is 4.39. The molecule has 1 aliphatic rings. The molecule has 0 amide bonds. The molecular formula is C13H19NO. The van der Waals surface area contributed by atoms with Crippen LogP contribution in [0.5, 0.6) is 0 Å². The average Bonchev–Trinajstić information content (AvgIpc) is 2.29. The van der Waals surface area contributed by atoms with Gasteiger partial charge in [0.25, 0.3) is 0 Å². The third kappa shape index (κ3) is 2.39. The summed E-state index contributed by atoms with van der Waals surface area (Å²) in [5.41, 5.74) is 2.88. The molecule has 2 atom stereocenters. The maximum atomic E-state index is 9.05. The lowest BCUT2D eigenvalue weighted by Gasteiger charge is -2.28. The maximum Gasteiger partial charge on any atom is 0.0582 e. The normalized spacial score (nSPS) is 22.1. The lowest BCUT2D eigenvalue weighted by Crippen LogP contribution is -2.34. The number of hydrogen-bond acceptors (Lipinski definition) is 2. The monoisotopic (exact) mass is 205 g/mol. The van der Waals surface area contributed by atoms with Crippen LogP contribution in [0.1, 0.15) is 36.9 Å². The molecule has 0 aliphatic heterocycles. The smallest absolute Gasteiger partial charge is 0.0582 e. The molecule has 1 aromatic rings. The fraction of sp³-hybridized carbons (Fsp3) is 0.538. The molecule has 0 unspecified atom stereocenters. The van der Waals surface area contributed by atoms with E-state index in [1.54, 1.807) is 0 Å². The molecule has 0 saturated carbocycles. The van der Waals surface area contributed by atoms with Gasteiger partial charge in [0.1, 0.15) is 0 Å². The fourth-order valence-corrected chi connectivity index (χ4v) is 2.32. The van der Waals surface area contributed by atoms with E-state index in [4.69, 9.17) is 5.11 Å². The van der Waals surface area contributed by atoms with Gasteiger partial charge in [-0.1, -0.05) is 24.3 Å². The molecule has 82 valence electrons. The van der Waals surface area contributed by atoms with Crippen LogP contribution in [0.4, 0.5) is 0 Å². The van der Waals surface area contributed by atoms with Gasteiger partial charge in [0, 0.05) is 12.1 Å². The predicted octanol–water partition coefficient (Wildman–Crippen LogP) is 2.03. The lowest BCUT2D eigenvalue weighted by molar-refractivity contribution is 0.236. The van der Waals surface area contributed by atoms with Gasteiger partial charge in [-0.2, -0.15) is 0 Å². The van der Waals surface area contributed by atoms with Gasteiger partial charge < -0.3 is 10.4 Å². The van der Waals surface area contributed by atoms with Crippen molar-refractivity contribution in [3.8, 4) is 0 Å². The van der Waals surface area contributed by atoms with Crippen LogP contribution in [0.25, 0.3) is 0 Å². The second-order valence-electron chi connectivity index (χ2n) is 4.39. The van der Waals surface area contributed by atoms with Crippen molar-refractivity contribution in [1.29, 1.82) is 0 Å². The van der Waals surface area contributed by atoms with Crippen molar-refractivity contribution in [1.82, 2.24) is 5.32 Å². The first-order chi connectivity index (χ1) is 7.31. The molecule has 2 nitrogen and oxygen atoms in total. The van der Waals surface area contributed by atoms with Crippen LogP contribution in [0.2, 0.25) is 0 Å². The molecule has 2 heteroatoms. The van der Waals surface area contributed by atoms with Crippen molar-refractivity contribution in [3.05, 3.63) is 35.4 Å². The van der Waals surface area contributed by atoms with Crippen LogP contribution in [-0.2, 0) is 6.42 Å². The van der Waals surface area contributed by atoms with E-state index in [9.17, 15) is 0 Å². The second kappa shape index (κ2) is 4.77. The Hall–Kier alpha value is -0.860. The number of rotatable bonds is 3. The first-order valence-electron chi connectivity index (χ1n) is 5.76. The summed E-state index contributed by atoms with van der Waals surface area (Å²) in [6.07, 6.45) is 3.62. The molecular weight excluding hydrogens is 186 g/mol. The van der Waals surface area contributed by atoms with Crippen LogP contribution in [-0.4, -0.2) is 17.8 Å². The Morgan fingerprint density at radius 2 is 2.27 bits per heavy atom. The van der Waals surface area contributed by atoms with Gasteiger partial charge in [-0.3, -0.25) is 0 Å². The Labute approximate surface area is 91.3 Å². The molecule has 0 saturated heterocycles. The van der Waals surface area contributed by atoms with E-state index in [0.717, 1.165) is 0 Å². The highest BCUT2D eigenvalue weighted by Gasteiger charge is 2.20. The molecule has 1 aromatic carbocycles. The minimum Gasteiger partial charge on any atom is -0.395 e. The summed E-state index contributed by atoms with van der Waals surface area (Å²) in [4.78, 5) is 0. The van der Waals surface area contributed by atoms with E-state index in [1.807, 2.05) is 6.92 Å². The number of benzene rings is 1. The first kappa shape index (κ1) is 10.7. The van der Waals surface area contributed by atoms with E-state index in [1.165, 1.54) is 30.4 Å². The zero-order valence-corrected chi connectivity index (χ0v) is 9.24. The van der Waals surface area contributed by atoms with Crippen LogP contribution < -0.4 is 5.32 Å². The van der Waals surface area contributed by atoms with Crippen molar-refractivity contribution in [2.75, 3.05) is 6.61 Å². The summed E-state index contributed by atoms with van der Waals surface area (Å²) >= 11 is 0. The van der Waals surface area contributed by atoms with Crippen molar-refractivity contribution in [2.24, 2.45) is 0 Å². The zero-order chi connectivity index (χ0) is 10.7. The highest BCUT2D eigenvalue weighted by molar-refractivity contribution is 5.32. The topological polar surface area (TPSA) is 32.3 Å². The molecule has 0 spiro atoms.